The van der Waals surface area contributed by atoms with Crippen LogP contribution in [0.1, 0.15) is 12.5 Å². The summed E-state index contributed by atoms with van der Waals surface area (Å²) in [7, 11) is -3.83. The summed E-state index contributed by atoms with van der Waals surface area (Å²) in [4.78, 5) is 23.6. The van der Waals surface area contributed by atoms with Crippen molar-refractivity contribution in [3.8, 4) is 0 Å². The van der Waals surface area contributed by atoms with Gasteiger partial charge in [-0.2, -0.15) is 0 Å². The predicted molar refractivity (Wildman–Crippen MR) is 126 cm³/mol. The summed E-state index contributed by atoms with van der Waals surface area (Å²) in [5.41, 5.74) is 2.09. The second-order valence-corrected chi connectivity index (χ2v) is 9.32. The van der Waals surface area contributed by atoms with E-state index in [0.29, 0.717) is 22.6 Å². The summed E-state index contributed by atoms with van der Waals surface area (Å²) in [6, 6.07) is 17.9. The SMILES string of the molecule is CC(=O)Nc1ccc(NC(=O)CNc2ccc(Cl)c(S(=O)(=O)c3ccccc3)c2C)cc1. The van der Waals surface area contributed by atoms with Crippen molar-refractivity contribution >= 4 is 50.3 Å². The van der Waals surface area contributed by atoms with E-state index in [-0.39, 0.29) is 33.2 Å². The molecular formula is C23H22ClN3O4S. The minimum absolute atomic E-state index is 0.00401. The molecule has 0 radical (unpaired) electrons. The van der Waals surface area contributed by atoms with Crippen molar-refractivity contribution in [2.75, 3.05) is 22.5 Å². The summed E-state index contributed by atoms with van der Waals surface area (Å²) < 4.78 is 26.2. The number of benzene rings is 3. The molecule has 2 amide bonds. The monoisotopic (exact) mass is 471 g/mol. The summed E-state index contributed by atoms with van der Waals surface area (Å²) in [6.07, 6.45) is 0. The highest BCUT2D eigenvalue weighted by molar-refractivity contribution is 7.91. The lowest BCUT2D eigenvalue weighted by atomic mass is 10.2. The first-order valence-corrected chi connectivity index (χ1v) is 11.5. The van der Waals surface area contributed by atoms with Crippen molar-refractivity contribution in [3.63, 3.8) is 0 Å². The molecule has 0 aliphatic heterocycles. The summed E-state index contributed by atoms with van der Waals surface area (Å²) in [5.74, 6) is -0.503. The van der Waals surface area contributed by atoms with Crippen LogP contribution in [0.25, 0.3) is 0 Å². The number of carbonyl (C=O) groups excluding carboxylic acids is 2. The van der Waals surface area contributed by atoms with E-state index in [0.717, 1.165) is 0 Å². The van der Waals surface area contributed by atoms with Crippen molar-refractivity contribution in [3.05, 3.63) is 77.3 Å². The zero-order valence-electron chi connectivity index (χ0n) is 17.5. The Kier molecular flexibility index (Phi) is 7.17. The average molecular weight is 472 g/mol. The quantitative estimate of drug-likeness (QED) is 0.471. The lowest BCUT2D eigenvalue weighted by molar-refractivity contribution is -0.115. The molecule has 0 unspecified atom stereocenters. The molecule has 0 aliphatic carbocycles. The first-order valence-electron chi connectivity index (χ1n) is 9.69. The van der Waals surface area contributed by atoms with Gasteiger partial charge >= 0.3 is 0 Å². The van der Waals surface area contributed by atoms with Crippen LogP contribution in [-0.2, 0) is 19.4 Å². The minimum atomic E-state index is -3.83. The fraction of sp³-hybridized carbons (Fsp3) is 0.130. The van der Waals surface area contributed by atoms with Crippen molar-refractivity contribution in [2.24, 2.45) is 0 Å². The fourth-order valence-corrected chi connectivity index (χ4v) is 5.22. The molecule has 3 N–H and O–H groups in total. The van der Waals surface area contributed by atoms with Crippen LogP contribution in [0.5, 0.6) is 0 Å². The molecule has 0 aliphatic rings. The Balaban J connectivity index is 1.72. The van der Waals surface area contributed by atoms with Gasteiger partial charge in [0.1, 0.15) is 0 Å². The highest BCUT2D eigenvalue weighted by Gasteiger charge is 2.24. The second kappa shape index (κ2) is 9.84. The maximum Gasteiger partial charge on any atom is 0.243 e. The van der Waals surface area contributed by atoms with E-state index in [4.69, 9.17) is 11.6 Å². The molecule has 3 rings (SSSR count). The highest BCUT2D eigenvalue weighted by Crippen LogP contribution is 2.34. The van der Waals surface area contributed by atoms with Crippen LogP contribution in [0.15, 0.2) is 76.5 Å². The Morgan fingerprint density at radius 2 is 1.47 bits per heavy atom. The van der Waals surface area contributed by atoms with Crippen molar-refractivity contribution in [1.82, 2.24) is 0 Å². The molecule has 3 aromatic carbocycles. The van der Waals surface area contributed by atoms with E-state index in [1.807, 2.05) is 0 Å². The van der Waals surface area contributed by atoms with Gasteiger partial charge in [-0.3, -0.25) is 9.59 Å². The van der Waals surface area contributed by atoms with Gasteiger partial charge in [-0.1, -0.05) is 29.8 Å². The van der Waals surface area contributed by atoms with Gasteiger partial charge in [-0.25, -0.2) is 8.42 Å². The molecule has 0 saturated carbocycles. The van der Waals surface area contributed by atoms with Gasteiger partial charge in [-0.15, -0.1) is 0 Å². The third-order valence-corrected chi connectivity index (χ3v) is 6.99. The molecule has 3 aromatic rings. The molecule has 7 nitrogen and oxygen atoms in total. The molecule has 9 heteroatoms. The fourth-order valence-electron chi connectivity index (χ4n) is 3.12. The summed E-state index contributed by atoms with van der Waals surface area (Å²) in [5, 5.41) is 8.47. The smallest absolute Gasteiger partial charge is 0.243 e. The van der Waals surface area contributed by atoms with Gasteiger partial charge < -0.3 is 16.0 Å². The number of sulfone groups is 1. The molecule has 0 spiro atoms. The topological polar surface area (TPSA) is 104 Å². The van der Waals surface area contributed by atoms with Crippen molar-refractivity contribution < 1.29 is 18.0 Å². The molecule has 32 heavy (non-hydrogen) atoms. The van der Waals surface area contributed by atoms with E-state index >= 15 is 0 Å². The molecule has 0 saturated heterocycles. The van der Waals surface area contributed by atoms with Gasteiger partial charge in [-0.05, 0) is 61.0 Å². The molecule has 0 bridgehead atoms. The molecule has 166 valence electrons. The Morgan fingerprint density at radius 3 is 2.06 bits per heavy atom. The third kappa shape index (κ3) is 5.46. The molecule has 0 heterocycles. The maximum absolute atomic E-state index is 13.1. The zero-order valence-corrected chi connectivity index (χ0v) is 19.0. The van der Waals surface area contributed by atoms with Gasteiger partial charge in [0.2, 0.25) is 21.7 Å². The van der Waals surface area contributed by atoms with Crippen LogP contribution in [0.2, 0.25) is 5.02 Å². The zero-order chi connectivity index (χ0) is 23.3. The molecular weight excluding hydrogens is 450 g/mol. The summed E-state index contributed by atoms with van der Waals surface area (Å²) in [6.45, 7) is 2.97. The number of nitrogens with one attached hydrogen (secondary N) is 3. The van der Waals surface area contributed by atoms with E-state index in [2.05, 4.69) is 16.0 Å². The first-order chi connectivity index (χ1) is 15.2. The normalized spacial score (nSPS) is 11.0. The number of halogens is 1. The number of hydrogen-bond acceptors (Lipinski definition) is 5. The van der Waals surface area contributed by atoms with Gasteiger partial charge in [0.05, 0.1) is 21.4 Å². The Hall–Kier alpha value is -3.36. The van der Waals surface area contributed by atoms with E-state index in [9.17, 15) is 18.0 Å². The first kappa shape index (κ1) is 23.3. The number of anilines is 3. The number of hydrogen-bond donors (Lipinski definition) is 3. The molecule has 0 atom stereocenters. The van der Waals surface area contributed by atoms with Gasteiger partial charge in [0, 0.05) is 24.0 Å². The third-order valence-electron chi connectivity index (χ3n) is 4.61. The number of carbonyl (C=O) groups is 2. The number of rotatable bonds is 7. The van der Waals surface area contributed by atoms with Crippen LogP contribution in [0, 0.1) is 6.92 Å². The summed E-state index contributed by atoms with van der Waals surface area (Å²) >= 11 is 6.24. The predicted octanol–water partition coefficient (Wildman–Crippen LogP) is 4.49. The van der Waals surface area contributed by atoms with Crippen molar-refractivity contribution in [2.45, 2.75) is 23.6 Å². The largest absolute Gasteiger partial charge is 0.376 e. The lowest BCUT2D eigenvalue weighted by Crippen LogP contribution is -2.22. The Labute approximate surface area is 191 Å². The van der Waals surface area contributed by atoms with E-state index in [1.165, 1.54) is 25.1 Å². The lowest BCUT2D eigenvalue weighted by Gasteiger charge is -2.15. The standard InChI is InChI=1S/C23H22ClN3O4S/c1-15-21(13-12-20(24)23(15)32(30,31)19-6-4-3-5-7-19)25-14-22(29)27-18-10-8-17(9-11-18)26-16(2)28/h3-13,25H,14H2,1-2H3,(H,26,28)(H,27,29). The van der Waals surface area contributed by atoms with Gasteiger partial charge in [0.25, 0.3) is 0 Å². The van der Waals surface area contributed by atoms with Crippen LogP contribution in [-0.4, -0.2) is 26.8 Å². The van der Waals surface area contributed by atoms with Crippen LogP contribution >= 0.6 is 11.6 Å². The van der Waals surface area contributed by atoms with Crippen LogP contribution in [0.3, 0.4) is 0 Å². The molecule has 0 fully saturated rings. The van der Waals surface area contributed by atoms with E-state index in [1.54, 1.807) is 55.5 Å². The van der Waals surface area contributed by atoms with Crippen LogP contribution in [0.4, 0.5) is 17.1 Å². The Morgan fingerprint density at radius 1 is 0.875 bits per heavy atom. The number of amides is 2. The van der Waals surface area contributed by atoms with E-state index < -0.39 is 9.84 Å². The van der Waals surface area contributed by atoms with Gasteiger partial charge in [0.15, 0.2) is 0 Å². The average Bonchev–Trinajstić information content (AvgIpc) is 2.75. The highest BCUT2D eigenvalue weighted by atomic mass is 35.5. The molecule has 0 aromatic heterocycles. The van der Waals surface area contributed by atoms with Crippen molar-refractivity contribution in [1.29, 1.82) is 0 Å². The maximum atomic E-state index is 13.1. The minimum Gasteiger partial charge on any atom is -0.376 e. The Bertz CT molecular complexity index is 1240. The van der Waals surface area contributed by atoms with Crippen LogP contribution < -0.4 is 16.0 Å². The second-order valence-electron chi connectivity index (χ2n) is 7.03.